The number of benzene rings is 1. The molecule has 3 rings (SSSR count). The molecule has 1 aromatic heterocycles. The van der Waals surface area contributed by atoms with Gasteiger partial charge in [-0.05, 0) is 55.0 Å². The van der Waals surface area contributed by atoms with Gasteiger partial charge in [-0.15, -0.1) is 11.3 Å². The normalized spacial score (nSPS) is 15.4. The van der Waals surface area contributed by atoms with E-state index in [1.54, 1.807) is 24.3 Å². The van der Waals surface area contributed by atoms with Gasteiger partial charge in [-0.25, -0.2) is 0 Å². The van der Waals surface area contributed by atoms with Crippen molar-refractivity contribution in [2.45, 2.75) is 45.4 Å². The molecule has 1 aromatic carbocycles. The lowest BCUT2D eigenvalue weighted by atomic mass is 9.85. The maximum atomic E-state index is 13.1. The molecule has 3 N–H and O–H groups in total. The van der Waals surface area contributed by atoms with E-state index in [1.165, 1.54) is 11.3 Å². The van der Waals surface area contributed by atoms with Crippen LogP contribution in [0.3, 0.4) is 0 Å². The molecular formula is C21H23ClN2O4S. The molecule has 1 atom stereocenters. The molecule has 8 heteroatoms. The van der Waals surface area contributed by atoms with Crippen LogP contribution in [0.4, 0.5) is 10.7 Å². The minimum Gasteiger partial charge on any atom is -0.481 e. The van der Waals surface area contributed by atoms with Crippen LogP contribution >= 0.6 is 22.9 Å². The lowest BCUT2D eigenvalue weighted by Crippen LogP contribution is -2.20. The van der Waals surface area contributed by atoms with E-state index in [4.69, 9.17) is 16.7 Å². The van der Waals surface area contributed by atoms with E-state index >= 15 is 0 Å². The Morgan fingerprint density at radius 3 is 2.55 bits per heavy atom. The SMILES string of the molecule is CCC1CCc2c(sc(NC(=O)CCC(=O)O)c2C(=O)Nc2ccc(Cl)cc2)C1. The first-order valence-electron chi connectivity index (χ1n) is 9.60. The molecule has 0 saturated carbocycles. The molecule has 1 aliphatic rings. The molecule has 0 aliphatic heterocycles. The summed E-state index contributed by atoms with van der Waals surface area (Å²) in [4.78, 5) is 37.1. The molecule has 1 unspecified atom stereocenters. The topological polar surface area (TPSA) is 95.5 Å². The minimum absolute atomic E-state index is 0.131. The van der Waals surface area contributed by atoms with Crippen LogP contribution in [0.2, 0.25) is 5.02 Å². The zero-order chi connectivity index (χ0) is 21.0. The van der Waals surface area contributed by atoms with Gasteiger partial charge in [-0.1, -0.05) is 24.9 Å². The van der Waals surface area contributed by atoms with Crippen LogP contribution in [0.25, 0.3) is 0 Å². The highest BCUT2D eigenvalue weighted by molar-refractivity contribution is 7.17. The summed E-state index contributed by atoms with van der Waals surface area (Å²) in [5.74, 6) is -1.15. The van der Waals surface area contributed by atoms with Crippen LogP contribution in [-0.2, 0) is 22.4 Å². The Hall–Kier alpha value is -2.38. The van der Waals surface area contributed by atoms with E-state index in [0.29, 0.717) is 27.2 Å². The molecule has 154 valence electrons. The van der Waals surface area contributed by atoms with Crippen LogP contribution in [0.15, 0.2) is 24.3 Å². The molecule has 29 heavy (non-hydrogen) atoms. The van der Waals surface area contributed by atoms with Crippen molar-refractivity contribution in [2.24, 2.45) is 5.92 Å². The second kappa shape index (κ2) is 9.41. The maximum Gasteiger partial charge on any atom is 0.303 e. The van der Waals surface area contributed by atoms with Crippen molar-refractivity contribution >= 4 is 51.4 Å². The molecule has 0 saturated heterocycles. The average Bonchev–Trinajstić information content (AvgIpc) is 3.04. The third-order valence-electron chi connectivity index (χ3n) is 5.09. The first-order valence-corrected chi connectivity index (χ1v) is 10.8. The Morgan fingerprint density at radius 2 is 1.90 bits per heavy atom. The Balaban J connectivity index is 1.87. The van der Waals surface area contributed by atoms with Crippen molar-refractivity contribution in [3.63, 3.8) is 0 Å². The standard InChI is InChI=1S/C21H23ClN2O4S/c1-2-12-3-8-15-16(11-12)29-21(24-17(25)9-10-18(26)27)19(15)20(28)23-14-6-4-13(22)5-7-14/h4-7,12H,2-3,8-11H2,1H3,(H,23,28)(H,24,25)(H,26,27). The van der Waals surface area contributed by atoms with Crippen LogP contribution in [0.5, 0.6) is 0 Å². The second-order valence-corrected chi connectivity index (χ2v) is 8.67. The Bertz CT molecular complexity index is 924. The Morgan fingerprint density at radius 1 is 1.17 bits per heavy atom. The van der Waals surface area contributed by atoms with Gasteiger partial charge >= 0.3 is 5.97 Å². The van der Waals surface area contributed by atoms with E-state index in [1.807, 2.05) is 0 Å². The van der Waals surface area contributed by atoms with Gasteiger partial charge in [-0.3, -0.25) is 14.4 Å². The maximum absolute atomic E-state index is 13.1. The van der Waals surface area contributed by atoms with E-state index in [0.717, 1.165) is 36.1 Å². The zero-order valence-corrected chi connectivity index (χ0v) is 17.7. The third kappa shape index (κ3) is 5.36. The summed E-state index contributed by atoms with van der Waals surface area (Å²) in [6.07, 6.45) is 3.38. The van der Waals surface area contributed by atoms with Crippen LogP contribution in [0, 0.1) is 5.92 Å². The Labute approximate surface area is 178 Å². The molecule has 1 aliphatic carbocycles. The summed E-state index contributed by atoms with van der Waals surface area (Å²) in [5.41, 5.74) is 2.09. The van der Waals surface area contributed by atoms with Gasteiger partial charge in [0.1, 0.15) is 5.00 Å². The second-order valence-electron chi connectivity index (χ2n) is 7.13. The number of amides is 2. The van der Waals surface area contributed by atoms with E-state index in [2.05, 4.69) is 17.6 Å². The number of fused-ring (bicyclic) bond motifs is 1. The monoisotopic (exact) mass is 434 g/mol. The van der Waals surface area contributed by atoms with Gasteiger partial charge in [0.25, 0.3) is 5.91 Å². The molecule has 0 radical (unpaired) electrons. The van der Waals surface area contributed by atoms with E-state index in [9.17, 15) is 14.4 Å². The first kappa shape index (κ1) is 21.3. The quantitative estimate of drug-likeness (QED) is 0.573. The molecule has 1 heterocycles. The number of rotatable bonds is 7. The van der Waals surface area contributed by atoms with Crippen molar-refractivity contribution in [1.82, 2.24) is 0 Å². The largest absolute Gasteiger partial charge is 0.481 e. The third-order valence-corrected chi connectivity index (χ3v) is 6.51. The van der Waals surface area contributed by atoms with Gasteiger partial charge in [0.2, 0.25) is 5.91 Å². The number of carboxylic acids is 1. The molecule has 0 bridgehead atoms. The van der Waals surface area contributed by atoms with Crippen molar-refractivity contribution in [3.05, 3.63) is 45.3 Å². The number of thiophene rings is 1. The smallest absolute Gasteiger partial charge is 0.303 e. The summed E-state index contributed by atoms with van der Waals surface area (Å²) >= 11 is 7.33. The molecule has 0 fully saturated rings. The molecule has 0 spiro atoms. The van der Waals surface area contributed by atoms with Crippen LogP contribution in [-0.4, -0.2) is 22.9 Å². The van der Waals surface area contributed by atoms with Crippen molar-refractivity contribution < 1.29 is 19.5 Å². The summed E-state index contributed by atoms with van der Waals surface area (Å²) in [6.45, 7) is 2.16. The number of nitrogens with one attached hydrogen (secondary N) is 2. The van der Waals surface area contributed by atoms with Crippen molar-refractivity contribution in [2.75, 3.05) is 10.6 Å². The molecular weight excluding hydrogens is 412 g/mol. The lowest BCUT2D eigenvalue weighted by molar-refractivity contribution is -0.138. The van der Waals surface area contributed by atoms with Gasteiger partial charge in [0.05, 0.1) is 12.0 Å². The molecule has 6 nitrogen and oxygen atoms in total. The minimum atomic E-state index is -1.03. The fraction of sp³-hybridized carbons (Fsp3) is 0.381. The number of hydrogen-bond acceptors (Lipinski definition) is 4. The van der Waals surface area contributed by atoms with E-state index < -0.39 is 11.9 Å². The molecule has 2 amide bonds. The van der Waals surface area contributed by atoms with Crippen LogP contribution < -0.4 is 10.6 Å². The highest BCUT2D eigenvalue weighted by Crippen LogP contribution is 2.41. The van der Waals surface area contributed by atoms with Crippen molar-refractivity contribution in [1.29, 1.82) is 0 Å². The predicted molar refractivity (Wildman–Crippen MR) is 115 cm³/mol. The summed E-state index contributed by atoms with van der Waals surface area (Å²) < 4.78 is 0. The molecule has 2 aromatic rings. The first-order chi connectivity index (χ1) is 13.9. The summed E-state index contributed by atoms with van der Waals surface area (Å²) in [5, 5.41) is 15.5. The highest BCUT2D eigenvalue weighted by Gasteiger charge is 2.29. The fourth-order valence-corrected chi connectivity index (χ4v) is 4.97. The number of carbonyl (C=O) groups is 3. The van der Waals surface area contributed by atoms with Gasteiger partial charge < -0.3 is 15.7 Å². The predicted octanol–water partition coefficient (Wildman–Crippen LogP) is 4.97. The number of anilines is 2. The number of halogens is 1. The van der Waals surface area contributed by atoms with Crippen molar-refractivity contribution in [3.8, 4) is 0 Å². The van der Waals surface area contributed by atoms with Gasteiger partial charge in [0.15, 0.2) is 0 Å². The average molecular weight is 435 g/mol. The number of carbonyl (C=O) groups excluding carboxylic acids is 2. The number of carboxylic acid groups (broad SMARTS) is 1. The highest BCUT2D eigenvalue weighted by atomic mass is 35.5. The Kier molecular flexibility index (Phi) is 6.92. The van der Waals surface area contributed by atoms with Gasteiger partial charge in [0, 0.05) is 22.0 Å². The summed E-state index contributed by atoms with van der Waals surface area (Å²) in [6, 6.07) is 6.83. The zero-order valence-electron chi connectivity index (χ0n) is 16.1. The summed E-state index contributed by atoms with van der Waals surface area (Å²) in [7, 11) is 0. The fourth-order valence-electron chi connectivity index (χ4n) is 3.47. The number of aliphatic carboxylic acids is 1. The van der Waals surface area contributed by atoms with E-state index in [-0.39, 0.29) is 18.7 Å². The number of hydrogen-bond donors (Lipinski definition) is 3. The van der Waals surface area contributed by atoms with Crippen LogP contribution in [0.1, 0.15) is 53.4 Å². The van der Waals surface area contributed by atoms with Gasteiger partial charge in [-0.2, -0.15) is 0 Å². The lowest BCUT2D eigenvalue weighted by Gasteiger charge is -2.21.